The third-order valence-electron chi connectivity index (χ3n) is 7.31. The molecule has 1 aliphatic heterocycles. The number of methoxy groups -OCH3 is 1. The van der Waals surface area contributed by atoms with Crippen molar-refractivity contribution in [3.63, 3.8) is 0 Å². The highest BCUT2D eigenvalue weighted by Gasteiger charge is 2.51. The Balaban J connectivity index is 1.27. The predicted molar refractivity (Wildman–Crippen MR) is 135 cm³/mol. The first-order valence-corrected chi connectivity index (χ1v) is 12.4. The average molecular weight is 487 g/mol. The number of para-hydroxylation sites is 1. The molecule has 36 heavy (non-hydrogen) atoms. The second-order valence-electron chi connectivity index (χ2n) is 9.42. The zero-order chi connectivity index (χ0) is 25.1. The van der Waals surface area contributed by atoms with Gasteiger partial charge in [0.05, 0.1) is 19.3 Å². The minimum absolute atomic E-state index is 0.0381. The lowest BCUT2D eigenvalue weighted by Gasteiger charge is -2.22. The van der Waals surface area contributed by atoms with Crippen molar-refractivity contribution in [3.05, 3.63) is 89.5 Å². The van der Waals surface area contributed by atoms with Crippen molar-refractivity contribution in [2.45, 2.75) is 43.8 Å². The van der Waals surface area contributed by atoms with Crippen LogP contribution in [0.5, 0.6) is 5.75 Å². The SMILES string of the molecule is COC(=O)CCCc1cccc2c1O[C@@H]1CC(OC(=O)c3ccc(-c4ccccc4)cc3)C(CO)[C@H]21. The van der Waals surface area contributed by atoms with Gasteiger partial charge in [-0.25, -0.2) is 4.79 Å². The first-order valence-electron chi connectivity index (χ1n) is 12.4. The van der Waals surface area contributed by atoms with Crippen molar-refractivity contribution in [2.75, 3.05) is 13.7 Å². The molecule has 5 rings (SSSR count). The van der Waals surface area contributed by atoms with E-state index >= 15 is 0 Å². The minimum atomic E-state index is -0.428. The molecule has 1 saturated carbocycles. The topological polar surface area (TPSA) is 82.1 Å². The number of carbonyl (C=O) groups excluding carboxylic acids is 2. The van der Waals surface area contributed by atoms with Crippen LogP contribution in [0.15, 0.2) is 72.8 Å². The first kappa shape index (κ1) is 24.1. The van der Waals surface area contributed by atoms with Crippen molar-refractivity contribution in [1.82, 2.24) is 0 Å². The highest BCUT2D eigenvalue weighted by atomic mass is 16.6. The highest BCUT2D eigenvalue weighted by molar-refractivity contribution is 5.90. The smallest absolute Gasteiger partial charge is 0.338 e. The number of esters is 2. The third-order valence-corrected chi connectivity index (χ3v) is 7.31. The van der Waals surface area contributed by atoms with Crippen LogP contribution in [0.25, 0.3) is 11.1 Å². The Morgan fingerprint density at radius 1 is 0.972 bits per heavy atom. The van der Waals surface area contributed by atoms with E-state index in [9.17, 15) is 14.7 Å². The van der Waals surface area contributed by atoms with Gasteiger partial charge in [-0.3, -0.25) is 4.79 Å². The summed E-state index contributed by atoms with van der Waals surface area (Å²) in [5.74, 6) is -0.0510. The summed E-state index contributed by atoms with van der Waals surface area (Å²) < 4.78 is 17.0. The lowest BCUT2D eigenvalue weighted by molar-refractivity contribution is -0.140. The zero-order valence-electron chi connectivity index (χ0n) is 20.3. The molecule has 4 atom stereocenters. The van der Waals surface area contributed by atoms with E-state index in [0.717, 1.165) is 28.0 Å². The monoisotopic (exact) mass is 486 g/mol. The van der Waals surface area contributed by atoms with Crippen LogP contribution in [0.2, 0.25) is 0 Å². The Kier molecular flexibility index (Phi) is 7.05. The van der Waals surface area contributed by atoms with Crippen LogP contribution in [0.4, 0.5) is 0 Å². The minimum Gasteiger partial charge on any atom is -0.489 e. The number of aryl methyl sites for hydroxylation is 1. The van der Waals surface area contributed by atoms with E-state index in [2.05, 4.69) is 0 Å². The number of rotatable bonds is 8. The molecule has 0 spiro atoms. The summed E-state index contributed by atoms with van der Waals surface area (Å²) in [5, 5.41) is 10.3. The first-order chi connectivity index (χ1) is 17.6. The summed E-state index contributed by atoms with van der Waals surface area (Å²) in [4.78, 5) is 24.4. The molecule has 3 aromatic carbocycles. The summed E-state index contributed by atoms with van der Waals surface area (Å²) in [6, 6.07) is 23.4. The molecule has 0 saturated heterocycles. The second-order valence-corrected chi connectivity index (χ2v) is 9.42. The molecule has 1 N–H and O–H groups in total. The molecule has 2 aliphatic rings. The van der Waals surface area contributed by atoms with Crippen LogP contribution in [0.1, 0.15) is 46.7 Å². The molecule has 0 aromatic heterocycles. The van der Waals surface area contributed by atoms with Gasteiger partial charge in [0.2, 0.25) is 0 Å². The number of ether oxygens (including phenoxy) is 3. The predicted octanol–water partition coefficient (Wildman–Crippen LogP) is 4.93. The maximum Gasteiger partial charge on any atom is 0.338 e. The largest absolute Gasteiger partial charge is 0.489 e. The van der Waals surface area contributed by atoms with Gasteiger partial charge in [0.15, 0.2) is 0 Å². The Labute approximate surface area is 210 Å². The summed E-state index contributed by atoms with van der Waals surface area (Å²) in [5.41, 5.74) is 4.69. The van der Waals surface area contributed by atoms with Crippen LogP contribution >= 0.6 is 0 Å². The van der Waals surface area contributed by atoms with Crippen molar-refractivity contribution in [2.24, 2.45) is 5.92 Å². The van der Waals surface area contributed by atoms with Gasteiger partial charge in [-0.05, 0) is 41.7 Å². The van der Waals surface area contributed by atoms with Gasteiger partial charge in [-0.15, -0.1) is 0 Å². The van der Waals surface area contributed by atoms with E-state index in [1.807, 2.05) is 60.7 Å². The molecule has 6 heteroatoms. The van der Waals surface area contributed by atoms with Crippen molar-refractivity contribution in [1.29, 1.82) is 0 Å². The molecule has 0 bridgehead atoms. The number of hydrogen-bond donors (Lipinski definition) is 1. The fourth-order valence-electron chi connectivity index (χ4n) is 5.50. The van der Waals surface area contributed by atoms with Gasteiger partial charge in [-0.2, -0.15) is 0 Å². The molecule has 2 unspecified atom stereocenters. The fourth-order valence-corrected chi connectivity index (χ4v) is 5.50. The number of aliphatic hydroxyl groups excluding tert-OH is 1. The van der Waals surface area contributed by atoms with E-state index in [-0.39, 0.29) is 30.5 Å². The molecule has 186 valence electrons. The van der Waals surface area contributed by atoms with Gasteiger partial charge >= 0.3 is 11.9 Å². The van der Waals surface area contributed by atoms with Gasteiger partial charge < -0.3 is 19.3 Å². The molecule has 1 heterocycles. The second kappa shape index (κ2) is 10.5. The summed E-state index contributed by atoms with van der Waals surface area (Å²) in [7, 11) is 1.39. The molecule has 1 aliphatic carbocycles. The summed E-state index contributed by atoms with van der Waals surface area (Å²) in [6.45, 7) is -0.0958. The number of aliphatic hydroxyl groups is 1. The molecule has 6 nitrogen and oxygen atoms in total. The number of benzene rings is 3. The van der Waals surface area contributed by atoms with Crippen molar-refractivity contribution >= 4 is 11.9 Å². The quantitative estimate of drug-likeness (QED) is 0.455. The van der Waals surface area contributed by atoms with E-state index in [1.165, 1.54) is 7.11 Å². The standard InChI is InChI=1S/C30H30O6/c1-34-27(32)12-6-10-21-9-5-11-23-28-24(18-31)25(17-26(28)35-29(21)23)36-30(33)22-15-13-20(14-16-22)19-7-3-2-4-8-19/h2-5,7-9,11,13-16,24-26,28,31H,6,10,12,17-18H2,1H3/t24?,25?,26-,28+/m1/s1. The van der Waals surface area contributed by atoms with E-state index in [0.29, 0.717) is 31.2 Å². The third kappa shape index (κ3) is 4.73. The van der Waals surface area contributed by atoms with Crippen LogP contribution < -0.4 is 4.74 Å². The van der Waals surface area contributed by atoms with Gasteiger partial charge in [0, 0.05) is 30.2 Å². The molecule has 0 radical (unpaired) electrons. The molecular weight excluding hydrogens is 456 g/mol. The Hall–Kier alpha value is -3.64. The van der Waals surface area contributed by atoms with Crippen molar-refractivity contribution in [3.8, 4) is 16.9 Å². The number of carbonyl (C=O) groups is 2. The summed E-state index contributed by atoms with van der Waals surface area (Å²) in [6.07, 6.45) is 1.68. The maximum atomic E-state index is 12.9. The lowest BCUT2D eigenvalue weighted by Crippen LogP contribution is -2.27. The normalized spacial score (nSPS) is 21.8. The molecule has 3 aromatic rings. The van der Waals surface area contributed by atoms with Crippen LogP contribution in [0, 0.1) is 5.92 Å². The van der Waals surface area contributed by atoms with E-state index in [4.69, 9.17) is 14.2 Å². The van der Waals surface area contributed by atoms with Crippen LogP contribution in [-0.4, -0.2) is 43.0 Å². The van der Waals surface area contributed by atoms with Gasteiger partial charge in [0.25, 0.3) is 0 Å². The Morgan fingerprint density at radius 3 is 2.44 bits per heavy atom. The van der Waals surface area contributed by atoms with Crippen molar-refractivity contribution < 1.29 is 28.9 Å². The maximum absolute atomic E-state index is 12.9. The Bertz CT molecular complexity index is 1220. The number of fused-ring (bicyclic) bond motifs is 3. The van der Waals surface area contributed by atoms with Crippen LogP contribution in [-0.2, 0) is 20.7 Å². The molecular formula is C30H30O6. The zero-order valence-corrected chi connectivity index (χ0v) is 20.3. The van der Waals surface area contributed by atoms with Gasteiger partial charge in [0.1, 0.15) is 18.0 Å². The molecule has 0 amide bonds. The van der Waals surface area contributed by atoms with Crippen LogP contribution in [0.3, 0.4) is 0 Å². The summed E-state index contributed by atoms with van der Waals surface area (Å²) >= 11 is 0. The highest BCUT2D eigenvalue weighted by Crippen LogP contribution is 2.52. The lowest BCUT2D eigenvalue weighted by atomic mass is 9.87. The van der Waals surface area contributed by atoms with E-state index in [1.54, 1.807) is 12.1 Å². The average Bonchev–Trinajstić information content (AvgIpc) is 3.45. The van der Waals surface area contributed by atoms with Gasteiger partial charge in [-0.1, -0.05) is 60.7 Å². The fraction of sp³-hybridized carbons (Fsp3) is 0.333. The molecule has 1 fully saturated rings. The van der Waals surface area contributed by atoms with E-state index < -0.39 is 12.1 Å². The Morgan fingerprint density at radius 2 is 1.72 bits per heavy atom. The number of hydrogen-bond acceptors (Lipinski definition) is 6.